The zero-order chi connectivity index (χ0) is 11.0. The number of hydrogen-bond donors (Lipinski definition) is 1. The lowest BCUT2D eigenvalue weighted by Crippen LogP contribution is -2.56. The first-order valence-electron chi connectivity index (χ1n) is 4.93. The minimum absolute atomic E-state index is 0.215. The zero-order valence-corrected chi connectivity index (χ0v) is 9.01. The average molecular weight is 203 g/mol. The highest BCUT2D eigenvalue weighted by Crippen LogP contribution is 2.29. The number of hydrogen-bond acceptors (Lipinski definition) is 2. The third-order valence-electron chi connectivity index (χ3n) is 2.96. The minimum atomic E-state index is -1.25. The van der Waals surface area contributed by atoms with Gasteiger partial charge in [0.2, 0.25) is 0 Å². The summed E-state index contributed by atoms with van der Waals surface area (Å²) in [5.41, 5.74) is -2.21. The Morgan fingerprint density at radius 1 is 1.57 bits per heavy atom. The van der Waals surface area contributed by atoms with Crippen LogP contribution >= 0.6 is 0 Å². The molecule has 1 rings (SSSR count). The van der Waals surface area contributed by atoms with Crippen LogP contribution in [0.1, 0.15) is 33.6 Å². The third kappa shape index (κ3) is 2.23. The number of carbonyl (C=O) groups is 1. The fourth-order valence-electron chi connectivity index (χ4n) is 1.81. The van der Waals surface area contributed by atoms with Crippen molar-refractivity contribution in [3.8, 4) is 0 Å². The molecule has 0 aromatic carbocycles. The van der Waals surface area contributed by atoms with Crippen molar-refractivity contribution >= 4 is 5.97 Å². The quantitative estimate of drug-likeness (QED) is 0.742. The largest absolute Gasteiger partial charge is 0.480 e. The van der Waals surface area contributed by atoms with E-state index < -0.39 is 17.2 Å². The summed E-state index contributed by atoms with van der Waals surface area (Å²) in [6, 6.07) is 0. The summed E-state index contributed by atoms with van der Waals surface area (Å²) in [7, 11) is 0. The molecule has 1 aliphatic heterocycles. The van der Waals surface area contributed by atoms with Gasteiger partial charge in [-0.3, -0.25) is 9.69 Å². The topological polar surface area (TPSA) is 40.5 Å². The van der Waals surface area contributed by atoms with Gasteiger partial charge in [-0.25, -0.2) is 4.39 Å². The fraction of sp³-hybridized carbons (Fsp3) is 0.900. The van der Waals surface area contributed by atoms with Crippen molar-refractivity contribution in [2.24, 2.45) is 0 Å². The van der Waals surface area contributed by atoms with Crippen LogP contribution in [-0.2, 0) is 4.79 Å². The van der Waals surface area contributed by atoms with Crippen molar-refractivity contribution in [2.45, 2.75) is 44.8 Å². The summed E-state index contributed by atoms with van der Waals surface area (Å²) in [6.45, 7) is 5.66. The van der Waals surface area contributed by atoms with Crippen molar-refractivity contribution in [3.05, 3.63) is 0 Å². The molecule has 0 radical (unpaired) electrons. The van der Waals surface area contributed by atoms with E-state index in [4.69, 9.17) is 5.11 Å². The zero-order valence-electron chi connectivity index (χ0n) is 9.01. The lowest BCUT2D eigenvalue weighted by Gasteiger charge is -2.42. The Hall–Kier alpha value is -0.640. The first-order valence-corrected chi connectivity index (χ1v) is 4.93. The molecule has 0 saturated carbocycles. The number of nitrogens with zero attached hydrogens (tertiary/aromatic N) is 1. The van der Waals surface area contributed by atoms with Gasteiger partial charge >= 0.3 is 5.97 Å². The summed E-state index contributed by atoms with van der Waals surface area (Å²) < 4.78 is 13.7. The van der Waals surface area contributed by atoms with Crippen molar-refractivity contribution in [1.82, 2.24) is 4.90 Å². The van der Waals surface area contributed by atoms with Gasteiger partial charge in [0.05, 0.1) is 0 Å². The van der Waals surface area contributed by atoms with Gasteiger partial charge < -0.3 is 5.11 Å². The highest BCUT2D eigenvalue weighted by Gasteiger charge is 2.41. The van der Waals surface area contributed by atoms with E-state index >= 15 is 0 Å². The molecular formula is C10H18FNO2. The maximum atomic E-state index is 13.7. The molecule has 1 N–H and O–H groups in total. The van der Waals surface area contributed by atoms with Crippen LogP contribution in [0.4, 0.5) is 4.39 Å². The van der Waals surface area contributed by atoms with Gasteiger partial charge in [0.15, 0.2) is 0 Å². The number of rotatable bonds is 2. The van der Waals surface area contributed by atoms with E-state index in [2.05, 4.69) is 0 Å². The highest BCUT2D eigenvalue weighted by molar-refractivity contribution is 5.77. The molecule has 0 aromatic rings. The van der Waals surface area contributed by atoms with Crippen molar-refractivity contribution in [1.29, 1.82) is 0 Å². The Labute approximate surface area is 83.9 Å². The maximum absolute atomic E-state index is 13.7. The van der Waals surface area contributed by atoms with Crippen LogP contribution in [0, 0.1) is 0 Å². The lowest BCUT2D eigenvalue weighted by molar-refractivity contribution is -0.151. The van der Waals surface area contributed by atoms with Crippen molar-refractivity contribution < 1.29 is 14.3 Å². The summed E-state index contributed by atoms with van der Waals surface area (Å²) in [6.07, 6.45) is 1.25. The second-order valence-corrected chi connectivity index (χ2v) is 4.80. The summed E-state index contributed by atoms with van der Waals surface area (Å²) >= 11 is 0. The number of halogens is 1. The Balaban J connectivity index is 2.74. The first-order chi connectivity index (χ1) is 6.26. The molecule has 0 spiro atoms. The van der Waals surface area contributed by atoms with E-state index in [0.717, 1.165) is 6.42 Å². The van der Waals surface area contributed by atoms with Crippen LogP contribution < -0.4 is 0 Å². The van der Waals surface area contributed by atoms with Gasteiger partial charge in [-0.2, -0.15) is 0 Å². The highest BCUT2D eigenvalue weighted by atomic mass is 19.1. The average Bonchev–Trinajstić information content (AvgIpc) is 2.02. The van der Waals surface area contributed by atoms with Crippen LogP contribution in [0.3, 0.4) is 0 Å². The van der Waals surface area contributed by atoms with Crippen LogP contribution in [0.5, 0.6) is 0 Å². The molecule has 1 saturated heterocycles. The monoisotopic (exact) mass is 203 g/mol. The van der Waals surface area contributed by atoms with Gasteiger partial charge in [-0.15, -0.1) is 0 Å². The third-order valence-corrected chi connectivity index (χ3v) is 2.96. The molecule has 1 unspecified atom stereocenters. The van der Waals surface area contributed by atoms with E-state index in [9.17, 15) is 9.18 Å². The van der Waals surface area contributed by atoms with Crippen LogP contribution in [-0.4, -0.2) is 40.3 Å². The standard InChI is InChI=1S/C10H18FNO2/c1-9(2,8(13)14)12-6-4-5-10(3,11)7-12/h4-7H2,1-3H3,(H,13,14). The van der Waals surface area contributed by atoms with E-state index in [1.165, 1.54) is 6.92 Å². The Kier molecular flexibility index (Phi) is 2.86. The molecule has 1 aliphatic rings. The molecule has 0 aromatic heterocycles. The van der Waals surface area contributed by atoms with Crippen LogP contribution in [0.15, 0.2) is 0 Å². The fourth-order valence-corrected chi connectivity index (χ4v) is 1.81. The van der Waals surface area contributed by atoms with Gasteiger partial charge in [0.25, 0.3) is 0 Å². The Bertz CT molecular complexity index is 238. The summed E-state index contributed by atoms with van der Waals surface area (Å²) in [5, 5.41) is 9.00. The summed E-state index contributed by atoms with van der Waals surface area (Å²) in [4.78, 5) is 12.7. The van der Waals surface area contributed by atoms with E-state index in [1.807, 2.05) is 0 Å². The number of carboxylic acid groups (broad SMARTS) is 1. The predicted molar refractivity (Wildman–Crippen MR) is 52.0 cm³/mol. The lowest BCUT2D eigenvalue weighted by atomic mass is 9.92. The molecule has 3 nitrogen and oxygen atoms in total. The molecule has 0 aliphatic carbocycles. The first kappa shape index (κ1) is 11.4. The number of likely N-dealkylation sites (tertiary alicyclic amines) is 1. The van der Waals surface area contributed by atoms with E-state index in [-0.39, 0.29) is 6.54 Å². The predicted octanol–water partition coefficient (Wildman–Crippen LogP) is 1.67. The maximum Gasteiger partial charge on any atom is 0.323 e. The van der Waals surface area contributed by atoms with E-state index in [1.54, 1.807) is 18.7 Å². The molecule has 0 bridgehead atoms. The SMILES string of the molecule is CC1(F)CCCN(C(C)(C)C(=O)O)C1. The van der Waals surface area contributed by atoms with Crippen molar-refractivity contribution in [3.63, 3.8) is 0 Å². The molecule has 4 heteroatoms. The molecular weight excluding hydrogens is 185 g/mol. The Morgan fingerprint density at radius 2 is 2.14 bits per heavy atom. The van der Waals surface area contributed by atoms with Gasteiger partial charge in [0.1, 0.15) is 11.2 Å². The van der Waals surface area contributed by atoms with Crippen LogP contribution in [0.25, 0.3) is 0 Å². The molecule has 1 heterocycles. The number of aliphatic carboxylic acids is 1. The Morgan fingerprint density at radius 3 is 2.57 bits per heavy atom. The smallest absolute Gasteiger partial charge is 0.323 e. The normalized spacial score (nSPS) is 30.3. The molecule has 14 heavy (non-hydrogen) atoms. The summed E-state index contributed by atoms with van der Waals surface area (Å²) in [5.74, 6) is -0.893. The van der Waals surface area contributed by atoms with Gasteiger partial charge in [-0.05, 0) is 40.2 Å². The van der Waals surface area contributed by atoms with Crippen LogP contribution in [0.2, 0.25) is 0 Å². The molecule has 1 fully saturated rings. The van der Waals surface area contributed by atoms with Gasteiger partial charge in [-0.1, -0.05) is 0 Å². The molecule has 0 amide bonds. The minimum Gasteiger partial charge on any atom is -0.480 e. The van der Waals surface area contributed by atoms with Gasteiger partial charge in [0, 0.05) is 6.54 Å². The number of piperidine rings is 1. The molecule has 82 valence electrons. The number of alkyl halides is 1. The van der Waals surface area contributed by atoms with Crippen molar-refractivity contribution in [2.75, 3.05) is 13.1 Å². The van der Waals surface area contributed by atoms with E-state index in [0.29, 0.717) is 13.0 Å². The second kappa shape index (κ2) is 3.50. The number of carboxylic acids is 1. The molecule has 1 atom stereocenters. The second-order valence-electron chi connectivity index (χ2n) is 4.80.